The lowest BCUT2D eigenvalue weighted by Gasteiger charge is -2.56. The van der Waals surface area contributed by atoms with E-state index >= 15 is 0 Å². The number of aliphatic hydroxyl groups is 1. The van der Waals surface area contributed by atoms with E-state index in [-0.39, 0.29) is 18.8 Å². The van der Waals surface area contributed by atoms with Gasteiger partial charge in [-0.15, -0.1) is 0 Å². The van der Waals surface area contributed by atoms with Crippen molar-refractivity contribution >= 4 is 23.9 Å². The van der Waals surface area contributed by atoms with E-state index in [2.05, 4.69) is 0 Å². The monoisotopic (exact) mass is 520 g/mol. The van der Waals surface area contributed by atoms with Gasteiger partial charge in [-0.2, -0.15) is 0 Å². The van der Waals surface area contributed by atoms with Gasteiger partial charge in [0.1, 0.15) is 24.4 Å². The first-order valence-electron chi connectivity index (χ1n) is 13.1. The lowest BCUT2D eigenvalue weighted by atomic mass is 9.54. The summed E-state index contributed by atoms with van der Waals surface area (Å²) in [6, 6.07) is 0. The number of hydrogen-bond donors (Lipinski definition) is 1. The van der Waals surface area contributed by atoms with Crippen molar-refractivity contribution in [2.75, 3.05) is 0 Å². The smallest absolute Gasteiger partial charge is 0.334 e. The van der Waals surface area contributed by atoms with Crippen molar-refractivity contribution in [2.45, 2.75) is 111 Å². The van der Waals surface area contributed by atoms with Crippen LogP contribution in [0.4, 0.5) is 0 Å². The maximum absolute atomic E-state index is 12.8. The Morgan fingerprint density at radius 3 is 2.35 bits per heavy atom. The summed E-state index contributed by atoms with van der Waals surface area (Å²) in [6.45, 7) is 11.7. The molecule has 3 rings (SSSR count). The van der Waals surface area contributed by atoms with Crippen molar-refractivity contribution in [3.8, 4) is 0 Å². The molecular weight excluding hydrogens is 480 g/mol. The molecule has 1 N–H and O–H groups in total. The molecule has 0 unspecified atom stereocenters. The summed E-state index contributed by atoms with van der Waals surface area (Å²) in [5.74, 6) is -3.11. The summed E-state index contributed by atoms with van der Waals surface area (Å²) >= 11 is 0. The molecule has 0 aromatic rings. The number of carbonyl (C=O) groups excluding carboxylic acids is 4. The molecule has 0 amide bonds. The van der Waals surface area contributed by atoms with Crippen molar-refractivity contribution in [3.05, 3.63) is 22.8 Å². The number of carbonyl (C=O) groups is 4. The minimum Gasteiger partial charge on any atom is -0.462 e. The first-order chi connectivity index (χ1) is 17.3. The van der Waals surface area contributed by atoms with Crippen molar-refractivity contribution < 1.29 is 43.2 Å². The molecule has 2 aliphatic carbocycles. The van der Waals surface area contributed by atoms with Gasteiger partial charge in [0.05, 0.1) is 6.10 Å². The van der Waals surface area contributed by atoms with Crippen molar-refractivity contribution in [1.82, 2.24) is 0 Å². The highest BCUT2D eigenvalue weighted by atomic mass is 16.6. The molecule has 0 radical (unpaired) electrons. The van der Waals surface area contributed by atoms with Crippen molar-refractivity contribution in [2.24, 2.45) is 17.3 Å². The van der Waals surface area contributed by atoms with Gasteiger partial charge in [0, 0.05) is 49.2 Å². The van der Waals surface area contributed by atoms with Crippen LogP contribution >= 0.6 is 0 Å². The average Bonchev–Trinajstić information content (AvgIpc) is 3.06. The highest BCUT2D eigenvalue weighted by Crippen LogP contribution is 2.55. The van der Waals surface area contributed by atoms with Crippen LogP contribution in [0.1, 0.15) is 80.6 Å². The number of allylic oxidation sites excluding steroid dienone is 1. The Balaban J connectivity index is 2.32. The Kier molecular flexibility index (Phi) is 8.88. The lowest BCUT2D eigenvalue weighted by Crippen LogP contribution is -2.63. The second-order valence-electron chi connectivity index (χ2n) is 10.9. The van der Waals surface area contributed by atoms with E-state index in [9.17, 15) is 24.3 Å². The van der Waals surface area contributed by atoms with Gasteiger partial charge < -0.3 is 24.1 Å². The van der Waals surface area contributed by atoms with E-state index in [0.717, 1.165) is 5.57 Å². The summed E-state index contributed by atoms with van der Waals surface area (Å²) in [5.41, 5.74) is 0.686. The largest absolute Gasteiger partial charge is 0.462 e. The van der Waals surface area contributed by atoms with E-state index in [1.165, 1.54) is 13.8 Å². The Bertz CT molecular complexity index is 996. The van der Waals surface area contributed by atoms with Crippen LogP contribution in [0.5, 0.6) is 0 Å². The van der Waals surface area contributed by atoms with Crippen LogP contribution in [0.25, 0.3) is 0 Å². The van der Waals surface area contributed by atoms with E-state index in [4.69, 9.17) is 18.9 Å². The van der Waals surface area contributed by atoms with Crippen LogP contribution in [0.3, 0.4) is 0 Å². The fraction of sp³-hybridized carbons (Fsp3) is 0.714. The first-order valence-corrected chi connectivity index (χ1v) is 13.1. The number of aliphatic hydroxyl groups excluding tert-OH is 1. The van der Waals surface area contributed by atoms with Gasteiger partial charge in [0.2, 0.25) is 0 Å². The zero-order chi connectivity index (χ0) is 27.7. The molecule has 8 atom stereocenters. The Hall–Kier alpha value is -2.68. The minimum absolute atomic E-state index is 0.133. The molecule has 37 heavy (non-hydrogen) atoms. The van der Waals surface area contributed by atoms with E-state index in [1.807, 2.05) is 33.8 Å². The Morgan fingerprint density at radius 1 is 1.11 bits per heavy atom. The Labute approximate surface area is 218 Å². The zero-order valence-corrected chi connectivity index (χ0v) is 22.9. The van der Waals surface area contributed by atoms with Crippen LogP contribution in [0, 0.1) is 17.3 Å². The second kappa shape index (κ2) is 11.4. The van der Waals surface area contributed by atoms with Crippen LogP contribution < -0.4 is 0 Å². The maximum Gasteiger partial charge on any atom is 0.334 e. The Morgan fingerprint density at radius 2 is 1.76 bits per heavy atom. The summed E-state index contributed by atoms with van der Waals surface area (Å²) in [7, 11) is 0. The van der Waals surface area contributed by atoms with Crippen LogP contribution in [-0.4, -0.2) is 59.5 Å². The number of rotatable bonds is 5. The predicted octanol–water partition coefficient (Wildman–Crippen LogP) is 3.57. The number of fused-ring (bicyclic) bond motifs is 2. The van der Waals surface area contributed by atoms with Gasteiger partial charge in [-0.3, -0.25) is 14.4 Å². The number of hydrogen-bond acceptors (Lipinski definition) is 9. The van der Waals surface area contributed by atoms with Crippen LogP contribution in [0.15, 0.2) is 22.8 Å². The SMILES string of the molecule is CCCC(=O)O[C@@H]1CC/C(C)=C\[C@@H]2OC(=O)C(C)=C2[C@H](OC(C)=O)[C@H]2[C@@H](C)[C@H](O)C[C@H](OC(C)=O)[C@@]21C. The van der Waals surface area contributed by atoms with Crippen LogP contribution in [0.2, 0.25) is 0 Å². The van der Waals surface area contributed by atoms with E-state index in [0.29, 0.717) is 30.4 Å². The second-order valence-corrected chi connectivity index (χ2v) is 10.9. The quantitative estimate of drug-likeness (QED) is 0.329. The normalized spacial score (nSPS) is 37.4. The summed E-state index contributed by atoms with van der Waals surface area (Å²) in [5, 5.41) is 11.1. The molecule has 1 fully saturated rings. The third-order valence-corrected chi connectivity index (χ3v) is 8.21. The number of ether oxygens (including phenoxy) is 4. The first kappa shape index (κ1) is 28.9. The standard InChI is InChI=1S/C28H40O9/c1-8-9-23(32)37-21-11-10-14(2)12-20-24(16(4)27(33)36-20)26(35-18(6)30)25-15(3)19(31)13-22(28(21,25)7)34-17(5)29/h12,15,19-22,25-26,31H,8-11,13H2,1-7H3/b14-12-/t15-,19+,20-,21+,22-,25+,26-,28-/m0/s1. The lowest BCUT2D eigenvalue weighted by molar-refractivity contribution is -0.220. The van der Waals surface area contributed by atoms with Gasteiger partial charge in [0.25, 0.3) is 0 Å². The molecule has 9 nitrogen and oxygen atoms in total. The average molecular weight is 521 g/mol. The molecule has 1 saturated carbocycles. The van der Waals surface area contributed by atoms with E-state index in [1.54, 1.807) is 6.92 Å². The molecule has 0 saturated heterocycles. The summed E-state index contributed by atoms with van der Waals surface area (Å²) < 4.78 is 23.5. The fourth-order valence-electron chi connectivity index (χ4n) is 6.33. The molecule has 0 bridgehead atoms. The molecule has 0 aromatic carbocycles. The van der Waals surface area contributed by atoms with Gasteiger partial charge >= 0.3 is 23.9 Å². The van der Waals surface area contributed by atoms with Crippen LogP contribution in [-0.2, 0) is 38.1 Å². The van der Waals surface area contributed by atoms with Crippen molar-refractivity contribution in [3.63, 3.8) is 0 Å². The molecular formula is C28H40O9. The maximum atomic E-state index is 12.8. The molecule has 3 aliphatic rings. The summed E-state index contributed by atoms with van der Waals surface area (Å²) in [6.07, 6.45) is -0.421. The fourth-order valence-corrected chi connectivity index (χ4v) is 6.33. The van der Waals surface area contributed by atoms with Gasteiger partial charge in [0.15, 0.2) is 0 Å². The van der Waals surface area contributed by atoms with E-state index < -0.39 is 65.7 Å². The molecule has 1 aliphatic heterocycles. The zero-order valence-electron chi connectivity index (χ0n) is 22.9. The highest BCUT2D eigenvalue weighted by Gasteiger charge is 2.62. The van der Waals surface area contributed by atoms with Crippen molar-refractivity contribution in [1.29, 1.82) is 0 Å². The van der Waals surface area contributed by atoms with Gasteiger partial charge in [-0.1, -0.05) is 26.3 Å². The molecule has 9 heteroatoms. The topological polar surface area (TPSA) is 125 Å². The third-order valence-electron chi connectivity index (χ3n) is 8.21. The number of esters is 4. The third kappa shape index (κ3) is 5.76. The molecule has 1 heterocycles. The summed E-state index contributed by atoms with van der Waals surface area (Å²) in [4.78, 5) is 50.2. The predicted molar refractivity (Wildman–Crippen MR) is 133 cm³/mol. The molecule has 206 valence electrons. The molecule has 0 aromatic heterocycles. The highest BCUT2D eigenvalue weighted by molar-refractivity contribution is 5.92. The minimum atomic E-state index is -1.06. The van der Waals surface area contributed by atoms with Gasteiger partial charge in [-0.05, 0) is 45.1 Å². The van der Waals surface area contributed by atoms with Gasteiger partial charge in [-0.25, -0.2) is 4.79 Å². The molecule has 0 spiro atoms.